The van der Waals surface area contributed by atoms with E-state index in [9.17, 15) is 0 Å². The van der Waals surface area contributed by atoms with Gasteiger partial charge in [0.05, 0.1) is 21.1 Å². The average Bonchev–Trinajstić information content (AvgIpc) is 1.88. The highest BCUT2D eigenvalue weighted by Gasteiger charge is 2.27. The Bertz CT molecular complexity index is 95.8. The monoisotopic (exact) mass is 141 g/mol. The Balaban J connectivity index is 2.39. The molecule has 0 aromatic carbocycles. The molecule has 0 N–H and O–H groups in total. The van der Waals surface area contributed by atoms with E-state index in [0.29, 0.717) is 0 Å². The molecule has 1 rings (SSSR count). The molecule has 1 nitrogen and oxygen atoms in total. The van der Waals surface area contributed by atoms with Gasteiger partial charge in [0.15, 0.2) is 6.04 Å². The number of hydrogen-bond donors (Lipinski definition) is 0. The van der Waals surface area contributed by atoms with Crippen LogP contribution >= 0.6 is 0 Å². The summed E-state index contributed by atoms with van der Waals surface area (Å²) in [6, 6.07) is 1.73. The van der Waals surface area contributed by atoms with Gasteiger partial charge in [-0.2, -0.15) is 0 Å². The van der Waals surface area contributed by atoms with Crippen molar-refractivity contribution >= 4 is 0 Å². The van der Waals surface area contributed by atoms with Crippen LogP contribution in [-0.2, 0) is 0 Å². The van der Waals surface area contributed by atoms with Gasteiger partial charge in [0, 0.05) is 12.8 Å². The van der Waals surface area contributed by atoms with Crippen molar-refractivity contribution in [3.63, 3.8) is 0 Å². The molecule has 1 saturated carbocycles. The van der Waals surface area contributed by atoms with E-state index in [1.165, 1.54) is 32.1 Å². The van der Waals surface area contributed by atoms with Crippen molar-refractivity contribution in [1.82, 2.24) is 0 Å². The van der Waals surface area contributed by atoms with Gasteiger partial charge in [-0.3, -0.25) is 0 Å². The molecule has 0 aromatic heterocycles. The van der Waals surface area contributed by atoms with Crippen LogP contribution in [0.5, 0.6) is 0 Å². The van der Waals surface area contributed by atoms with Gasteiger partial charge in [0.25, 0.3) is 0 Å². The van der Waals surface area contributed by atoms with Crippen LogP contribution in [0.1, 0.15) is 32.1 Å². The molecule has 10 heavy (non-hydrogen) atoms. The zero-order valence-electron chi connectivity index (χ0n) is 7.48. The fourth-order valence-electron chi connectivity index (χ4n) is 1.63. The van der Waals surface area contributed by atoms with Gasteiger partial charge in [-0.05, 0) is 12.8 Å². The minimum Gasteiger partial charge on any atom is -0.321 e. The standard InChI is InChI=1S/C9H19N/c1-10(2,3)9-7-5-4-6-8-9/h4-8H2,1-3H3/q+1. The molecule has 0 amide bonds. The Kier molecular flexibility index (Phi) is 2.35. The first-order valence-electron chi connectivity index (χ1n) is 4.27. The average molecular weight is 141 g/mol. The highest BCUT2D eigenvalue weighted by atomic mass is 15.3. The predicted molar refractivity (Wildman–Crippen MR) is 44.4 cm³/mol. The van der Waals surface area contributed by atoms with Crippen molar-refractivity contribution in [3.05, 3.63) is 6.04 Å². The summed E-state index contributed by atoms with van der Waals surface area (Å²) in [5.41, 5.74) is 0. The van der Waals surface area contributed by atoms with E-state index in [2.05, 4.69) is 21.1 Å². The zero-order chi connectivity index (χ0) is 7.61. The highest BCUT2D eigenvalue weighted by Crippen LogP contribution is 2.30. The largest absolute Gasteiger partial charge is 0.321 e. The van der Waals surface area contributed by atoms with Crippen LogP contribution in [-0.4, -0.2) is 25.6 Å². The molecule has 0 saturated heterocycles. The lowest BCUT2D eigenvalue weighted by Crippen LogP contribution is -2.39. The van der Waals surface area contributed by atoms with Gasteiger partial charge in [0.1, 0.15) is 0 Å². The third kappa shape index (κ3) is 1.98. The maximum Gasteiger partial charge on any atom is 0.154 e. The van der Waals surface area contributed by atoms with Crippen molar-refractivity contribution < 1.29 is 4.48 Å². The van der Waals surface area contributed by atoms with Crippen LogP contribution < -0.4 is 0 Å². The molecule has 59 valence electrons. The van der Waals surface area contributed by atoms with E-state index in [0.717, 1.165) is 4.48 Å². The van der Waals surface area contributed by atoms with Gasteiger partial charge in [0.2, 0.25) is 0 Å². The summed E-state index contributed by atoms with van der Waals surface area (Å²) < 4.78 is 1.08. The van der Waals surface area contributed by atoms with Crippen molar-refractivity contribution in [2.75, 3.05) is 21.1 Å². The van der Waals surface area contributed by atoms with Crippen LogP contribution in [0.25, 0.3) is 0 Å². The molecule has 1 aliphatic carbocycles. The van der Waals surface area contributed by atoms with Crippen LogP contribution in [0.3, 0.4) is 0 Å². The summed E-state index contributed by atoms with van der Waals surface area (Å²) in [7, 11) is 6.84. The van der Waals surface area contributed by atoms with Gasteiger partial charge in [-0.1, -0.05) is 6.42 Å². The highest BCUT2D eigenvalue weighted by molar-refractivity contribution is 4.81. The van der Waals surface area contributed by atoms with Gasteiger partial charge >= 0.3 is 0 Å². The first-order valence-corrected chi connectivity index (χ1v) is 4.27. The summed E-state index contributed by atoms with van der Waals surface area (Å²) in [5, 5.41) is 0. The molecule has 0 heterocycles. The van der Waals surface area contributed by atoms with E-state index in [1.54, 1.807) is 6.04 Å². The fourth-order valence-corrected chi connectivity index (χ4v) is 1.63. The smallest absolute Gasteiger partial charge is 0.154 e. The molecule has 0 aromatic rings. The van der Waals surface area contributed by atoms with Crippen molar-refractivity contribution in [3.8, 4) is 0 Å². The van der Waals surface area contributed by atoms with Crippen LogP contribution in [0.15, 0.2) is 0 Å². The van der Waals surface area contributed by atoms with E-state index in [1.807, 2.05) is 0 Å². The molecule has 0 atom stereocenters. The second-order valence-electron chi connectivity index (χ2n) is 4.14. The molecule has 0 spiro atoms. The SMILES string of the molecule is C[N+](C)(C)[C]1CCCCC1. The molecule has 0 unspecified atom stereocenters. The van der Waals surface area contributed by atoms with Crippen molar-refractivity contribution in [2.24, 2.45) is 0 Å². The molecular formula is C9H19N+. The Morgan fingerprint density at radius 2 is 1.40 bits per heavy atom. The minimum atomic E-state index is 1.08. The lowest BCUT2D eigenvalue weighted by molar-refractivity contribution is -0.860. The lowest BCUT2D eigenvalue weighted by Gasteiger charge is -2.34. The molecule has 1 radical (unpaired) electrons. The molecule has 0 bridgehead atoms. The van der Waals surface area contributed by atoms with E-state index >= 15 is 0 Å². The van der Waals surface area contributed by atoms with Gasteiger partial charge in [-0.25, -0.2) is 0 Å². The molecule has 0 aliphatic heterocycles. The minimum absolute atomic E-state index is 1.08. The molecule has 1 aliphatic rings. The summed E-state index contributed by atoms with van der Waals surface area (Å²) in [4.78, 5) is 0. The predicted octanol–water partition coefficient (Wildman–Crippen LogP) is 2.19. The fraction of sp³-hybridized carbons (Fsp3) is 0.889. The number of hydrogen-bond acceptors (Lipinski definition) is 0. The topological polar surface area (TPSA) is 0 Å². The maximum atomic E-state index is 2.28. The second-order valence-corrected chi connectivity index (χ2v) is 4.14. The Morgan fingerprint density at radius 3 is 1.70 bits per heavy atom. The zero-order valence-corrected chi connectivity index (χ0v) is 7.48. The normalized spacial score (nSPS) is 23.1. The first-order chi connectivity index (χ1) is 4.61. The third-order valence-electron chi connectivity index (χ3n) is 2.38. The van der Waals surface area contributed by atoms with Crippen molar-refractivity contribution in [2.45, 2.75) is 32.1 Å². The maximum absolute atomic E-state index is 2.28. The van der Waals surface area contributed by atoms with Crippen LogP contribution in [0.2, 0.25) is 0 Å². The summed E-state index contributed by atoms with van der Waals surface area (Å²) in [6.45, 7) is 0. The molecule has 1 heteroatoms. The lowest BCUT2D eigenvalue weighted by atomic mass is 9.94. The van der Waals surface area contributed by atoms with Gasteiger partial charge < -0.3 is 4.48 Å². The summed E-state index contributed by atoms with van der Waals surface area (Å²) in [5.74, 6) is 0. The molecular weight excluding hydrogens is 122 g/mol. The van der Waals surface area contributed by atoms with Crippen LogP contribution in [0, 0.1) is 6.04 Å². The van der Waals surface area contributed by atoms with Crippen molar-refractivity contribution in [1.29, 1.82) is 0 Å². The number of nitrogens with zero attached hydrogens (tertiary/aromatic N) is 1. The summed E-state index contributed by atoms with van der Waals surface area (Å²) >= 11 is 0. The number of quaternary nitrogens is 1. The Morgan fingerprint density at radius 1 is 0.900 bits per heavy atom. The van der Waals surface area contributed by atoms with E-state index < -0.39 is 0 Å². The quantitative estimate of drug-likeness (QED) is 0.491. The first kappa shape index (κ1) is 8.06. The second kappa shape index (κ2) is 2.91. The van der Waals surface area contributed by atoms with Crippen LogP contribution in [0.4, 0.5) is 0 Å². The van der Waals surface area contributed by atoms with E-state index in [-0.39, 0.29) is 0 Å². The summed E-state index contributed by atoms with van der Waals surface area (Å²) in [6.07, 6.45) is 7.02. The Hall–Kier alpha value is -0.0400. The number of rotatable bonds is 1. The third-order valence-corrected chi connectivity index (χ3v) is 2.38. The van der Waals surface area contributed by atoms with Gasteiger partial charge in [-0.15, -0.1) is 0 Å². The Labute approximate surface area is 64.6 Å². The van der Waals surface area contributed by atoms with E-state index in [4.69, 9.17) is 0 Å². The molecule has 1 fully saturated rings.